The highest BCUT2D eigenvalue weighted by atomic mass is 32.3. The van der Waals surface area contributed by atoms with Crippen molar-refractivity contribution in [3.8, 4) is 0 Å². The fourth-order valence-electron chi connectivity index (χ4n) is 3.40. The third-order valence-corrected chi connectivity index (χ3v) is 10.6. The molecular formula is C20H27N3O12S3. The minimum atomic E-state index is -4.28. The van der Waals surface area contributed by atoms with Gasteiger partial charge in [-0.15, -0.1) is 0 Å². The summed E-state index contributed by atoms with van der Waals surface area (Å²) in [6.45, 7) is 1.26. The Morgan fingerprint density at radius 1 is 1.11 bits per heavy atom. The number of rotatable bonds is 11. The predicted octanol–water partition coefficient (Wildman–Crippen LogP) is -1.74. The monoisotopic (exact) mass is 597 g/mol. The Balaban J connectivity index is 1.98. The summed E-state index contributed by atoms with van der Waals surface area (Å²) < 4.78 is 62.4. The molecule has 0 fully saturated rings. The van der Waals surface area contributed by atoms with E-state index in [0.717, 1.165) is 6.92 Å². The Bertz CT molecular complexity index is 1290. The van der Waals surface area contributed by atoms with Gasteiger partial charge in [-0.05, 0) is 31.9 Å². The molecule has 2 amide bonds. The van der Waals surface area contributed by atoms with Gasteiger partial charge in [0.1, 0.15) is 8.47 Å². The van der Waals surface area contributed by atoms with Crippen LogP contribution in [-0.2, 0) is 58.0 Å². The molecule has 0 bridgehead atoms. The molecule has 0 radical (unpaired) electrons. The summed E-state index contributed by atoms with van der Waals surface area (Å²) in [5, 5.41) is 6.65. The Hall–Kier alpha value is -2.96. The lowest BCUT2D eigenvalue weighted by molar-refractivity contribution is -0.165. The number of ether oxygens (including phenoxy) is 3. The number of carbonyl (C=O) groups is 5. The maximum Gasteiger partial charge on any atom is 0.344 e. The summed E-state index contributed by atoms with van der Waals surface area (Å²) >= 11 is 0.531. The summed E-state index contributed by atoms with van der Waals surface area (Å²) in [6, 6.07) is -1.02. The molecule has 0 spiro atoms. The van der Waals surface area contributed by atoms with Gasteiger partial charge in [-0.2, -0.15) is 0 Å². The van der Waals surface area contributed by atoms with E-state index in [1.807, 2.05) is 0 Å². The molecule has 0 saturated heterocycles. The molecule has 0 aromatic rings. The molecule has 0 aromatic heterocycles. The SMILES string of the molecule is CCN(C(=O)CNC(=O)COC(=O)COC(=O)COC(C)=O)[C@H]1C=C(S(N)(=O)=O)SC2=C1C[C@H](C)S2(=O)=O. The minimum Gasteiger partial charge on any atom is -0.454 e. The summed E-state index contributed by atoms with van der Waals surface area (Å²) in [7, 11) is -8.08. The van der Waals surface area contributed by atoms with Crippen molar-refractivity contribution in [2.75, 3.05) is 32.9 Å². The fourth-order valence-corrected chi connectivity index (χ4v) is 7.87. The fraction of sp³-hybridized carbons (Fsp3) is 0.550. The number of nitrogens with two attached hydrogens (primary N) is 1. The number of hydrogen-bond acceptors (Lipinski definition) is 13. The number of thioether (sulfide) groups is 1. The van der Waals surface area contributed by atoms with Crippen molar-refractivity contribution in [3.63, 3.8) is 0 Å². The van der Waals surface area contributed by atoms with Crippen LogP contribution in [0, 0.1) is 0 Å². The zero-order valence-electron chi connectivity index (χ0n) is 20.6. The molecule has 212 valence electrons. The molecule has 3 N–H and O–H groups in total. The number of esters is 3. The Kier molecular flexibility index (Phi) is 10.5. The maximum absolute atomic E-state index is 12.9. The second-order valence-electron chi connectivity index (χ2n) is 8.01. The number of amides is 2. The molecule has 38 heavy (non-hydrogen) atoms. The van der Waals surface area contributed by atoms with Gasteiger partial charge < -0.3 is 24.4 Å². The molecule has 0 saturated carbocycles. The molecule has 18 heteroatoms. The van der Waals surface area contributed by atoms with E-state index in [2.05, 4.69) is 19.5 Å². The zero-order valence-corrected chi connectivity index (χ0v) is 23.1. The molecule has 0 unspecified atom stereocenters. The van der Waals surface area contributed by atoms with Gasteiger partial charge in [0.2, 0.25) is 15.9 Å². The number of nitrogens with one attached hydrogen (secondary N) is 1. The van der Waals surface area contributed by atoms with Crippen molar-refractivity contribution < 1.29 is 55.0 Å². The highest BCUT2D eigenvalue weighted by Crippen LogP contribution is 2.48. The van der Waals surface area contributed by atoms with Crippen LogP contribution in [-0.4, -0.2) is 95.7 Å². The predicted molar refractivity (Wildman–Crippen MR) is 132 cm³/mol. The lowest BCUT2D eigenvalue weighted by atomic mass is 10.0. The van der Waals surface area contributed by atoms with Gasteiger partial charge in [0, 0.05) is 13.5 Å². The Labute approximate surface area is 223 Å². The van der Waals surface area contributed by atoms with Crippen LogP contribution < -0.4 is 10.5 Å². The van der Waals surface area contributed by atoms with Gasteiger partial charge in [0.25, 0.3) is 5.91 Å². The van der Waals surface area contributed by atoms with E-state index in [1.54, 1.807) is 6.92 Å². The van der Waals surface area contributed by atoms with Crippen LogP contribution in [0.1, 0.15) is 27.2 Å². The zero-order chi connectivity index (χ0) is 28.8. The lowest BCUT2D eigenvalue weighted by Crippen LogP contribution is -2.47. The first-order valence-corrected chi connectivity index (χ1v) is 14.9. The highest BCUT2D eigenvalue weighted by molar-refractivity contribution is 8.27. The summed E-state index contributed by atoms with van der Waals surface area (Å²) in [5.41, 5.74) is 0.355. The van der Waals surface area contributed by atoms with Gasteiger partial charge in [0.15, 0.2) is 29.7 Å². The number of sulfone groups is 1. The molecule has 2 aliphatic heterocycles. The molecule has 15 nitrogen and oxygen atoms in total. The van der Waals surface area contributed by atoms with Crippen LogP contribution in [0.15, 0.2) is 20.1 Å². The summed E-state index contributed by atoms with van der Waals surface area (Å²) in [4.78, 5) is 59.6. The topological polar surface area (TPSA) is 223 Å². The van der Waals surface area contributed by atoms with Crippen molar-refractivity contribution in [3.05, 3.63) is 20.1 Å². The van der Waals surface area contributed by atoms with Gasteiger partial charge in [0.05, 0.1) is 17.8 Å². The highest BCUT2D eigenvalue weighted by Gasteiger charge is 2.45. The molecule has 2 rings (SSSR count). The molecule has 0 aromatic carbocycles. The van der Waals surface area contributed by atoms with E-state index in [0.29, 0.717) is 17.3 Å². The Morgan fingerprint density at radius 3 is 2.24 bits per heavy atom. The quantitative estimate of drug-likeness (QED) is 0.200. The number of carbonyl (C=O) groups excluding carboxylic acids is 5. The second-order valence-corrected chi connectivity index (χ2v) is 13.4. The first-order valence-electron chi connectivity index (χ1n) is 11.0. The summed E-state index contributed by atoms with van der Waals surface area (Å²) in [5.74, 6) is -4.34. The largest absolute Gasteiger partial charge is 0.454 e. The third kappa shape index (κ3) is 8.02. The number of hydrogen-bond donors (Lipinski definition) is 2. The van der Waals surface area contributed by atoms with E-state index in [4.69, 9.17) is 5.14 Å². The van der Waals surface area contributed by atoms with Crippen molar-refractivity contribution in [1.82, 2.24) is 10.2 Å². The van der Waals surface area contributed by atoms with E-state index in [-0.39, 0.29) is 17.2 Å². The lowest BCUT2D eigenvalue weighted by Gasteiger charge is -2.32. The maximum atomic E-state index is 12.9. The summed E-state index contributed by atoms with van der Waals surface area (Å²) in [6.07, 6.45) is 1.29. The second kappa shape index (κ2) is 12.7. The van der Waals surface area contributed by atoms with E-state index < -0.39 is 91.5 Å². The van der Waals surface area contributed by atoms with E-state index in [1.165, 1.54) is 17.9 Å². The third-order valence-electron chi connectivity index (χ3n) is 5.22. The standard InChI is InChI=1S/C20H27N3O12S3/c1-4-23(14-6-19(38(21,31)32)36-20-13(14)5-11(2)37(20,29)30)16(26)7-22-15(25)8-34-18(28)10-35-17(27)9-33-12(3)24/h6,11,14H,4-5,7-10H2,1-3H3,(H,22,25)(H2,21,31,32)/t11-,14-/m0/s1. The molecule has 2 atom stereocenters. The number of primary sulfonamides is 1. The minimum absolute atomic E-state index is 0.0390. The average Bonchev–Trinajstić information content (AvgIpc) is 3.06. The van der Waals surface area contributed by atoms with E-state index in [9.17, 15) is 40.8 Å². The van der Waals surface area contributed by atoms with Gasteiger partial charge in [-0.3, -0.25) is 14.4 Å². The van der Waals surface area contributed by atoms with Crippen molar-refractivity contribution in [1.29, 1.82) is 0 Å². The Morgan fingerprint density at radius 2 is 1.68 bits per heavy atom. The van der Waals surface area contributed by atoms with Crippen molar-refractivity contribution in [2.24, 2.45) is 5.14 Å². The van der Waals surface area contributed by atoms with Gasteiger partial charge in [-0.25, -0.2) is 31.6 Å². The van der Waals surface area contributed by atoms with Crippen LogP contribution in [0.2, 0.25) is 0 Å². The number of likely N-dealkylation sites (N-methyl/N-ethyl adjacent to an activating group) is 1. The van der Waals surface area contributed by atoms with Crippen LogP contribution in [0.3, 0.4) is 0 Å². The first kappa shape index (κ1) is 31.3. The van der Waals surface area contributed by atoms with Crippen LogP contribution in [0.4, 0.5) is 0 Å². The van der Waals surface area contributed by atoms with Gasteiger partial charge in [-0.1, -0.05) is 11.8 Å². The van der Waals surface area contributed by atoms with Crippen LogP contribution >= 0.6 is 11.8 Å². The first-order chi connectivity index (χ1) is 17.6. The smallest absolute Gasteiger partial charge is 0.344 e. The normalized spacial score (nSPS) is 20.1. The van der Waals surface area contributed by atoms with Crippen LogP contribution in [0.5, 0.6) is 0 Å². The molecular weight excluding hydrogens is 570 g/mol. The molecule has 0 aliphatic carbocycles. The van der Waals surface area contributed by atoms with Crippen molar-refractivity contribution >= 4 is 61.3 Å². The van der Waals surface area contributed by atoms with Crippen molar-refractivity contribution in [2.45, 2.75) is 38.5 Å². The molecule has 2 heterocycles. The van der Waals surface area contributed by atoms with Crippen LogP contribution in [0.25, 0.3) is 0 Å². The number of nitrogens with zero attached hydrogens (tertiary/aromatic N) is 1. The number of sulfonamides is 1. The van der Waals surface area contributed by atoms with E-state index >= 15 is 0 Å². The molecule has 2 aliphatic rings. The average molecular weight is 598 g/mol. The van der Waals surface area contributed by atoms with Gasteiger partial charge >= 0.3 is 17.9 Å².